The first-order valence-electron chi connectivity index (χ1n) is 5.31. The first kappa shape index (κ1) is 14.4. The minimum Gasteiger partial charge on any atom is -0.265 e. The normalized spacial score (nSPS) is 12.6. The van der Waals surface area contributed by atoms with Crippen LogP contribution in [0.25, 0.3) is 0 Å². The van der Waals surface area contributed by atoms with Crippen LogP contribution in [0.5, 0.6) is 0 Å². The lowest BCUT2D eigenvalue weighted by atomic mass is 10.1. The number of halogens is 1. The molecule has 1 heterocycles. The molecule has 0 aliphatic carbocycles. The van der Waals surface area contributed by atoms with Gasteiger partial charge in [-0.3, -0.25) is 4.98 Å². The van der Waals surface area contributed by atoms with Crippen molar-refractivity contribution in [2.75, 3.05) is 11.6 Å². The number of nitrogens with zero attached hydrogens (tertiary/aromatic N) is 1. The average molecular weight is 277 g/mol. The summed E-state index contributed by atoms with van der Waals surface area (Å²) in [5.41, 5.74) is 0.340. The molecule has 1 aromatic heterocycles. The maximum Gasteiger partial charge on any atom is 0.212 e. The topological polar surface area (TPSA) is 59.1 Å². The Labute approximate surface area is 107 Å². The Balaban J connectivity index is 2.57. The number of alkyl halides is 1. The van der Waals surface area contributed by atoms with Gasteiger partial charge in [0, 0.05) is 23.8 Å². The molecule has 0 unspecified atom stereocenters. The number of pyridine rings is 1. The van der Waals surface area contributed by atoms with E-state index in [4.69, 9.17) is 11.6 Å². The Bertz CT molecular complexity index is 446. The molecule has 96 valence electrons. The monoisotopic (exact) mass is 276 g/mol. The number of hydrogen-bond acceptors (Lipinski definition) is 3. The summed E-state index contributed by atoms with van der Waals surface area (Å²) < 4.78 is 26.2. The molecule has 4 nitrogen and oxygen atoms in total. The Morgan fingerprint density at radius 2 is 1.94 bits per heavy atom. The molecule has 1 rings (SSSR count). The zero-order valence-electron chi connectivity index (χ0n) is 9.98. The van der Waals surface area contributed by atoms with Crippen LogP contribution >= 0.6 is 11.6 Å². The summed E-state index contributed by atoms with van der Waals surface area (Å²) in [6, 6.07) is 3.62. The van der Waals surface area contributed by atoms with E-state index in [2.05, 4.69) is 9.71 Å². The second-order valence-electron chi connectivity index (χ2n) is 4.54. The minimum absolute atomic E-state index is 0.0529. The SMILES string of the molecule is CC(C)(CCl)NS(=O)(=O)CCc1ccncc1. The maximum absolute atomic E-state index is 11.8. The Morgan fingerprint density at radius 3 is 2.47 bits per heavy atom. The lowest BCUT2D eigenvalue weighted by Crippen LogP contribution is -2.46. The number of rotatable bonds is 6. The molecule has 17 heavy (non-hydrogen) atoms. The van der Waals surface area contributed by atoms with Crippen molar-refractivity contribution in [3.8, 4) is 0 Å². The molecule has 0 spiro atoms. The fraction of sp³-hybridized carbons (Fsp3) is 0.545. The van der Waals surface area contributed by atoms with Crippen LogP contribution < -0.4 is 4.72 Å². The van der Waals surface area contributed by atoms with Gasteiger partial charge in [0.15, 0.2) is 0 Å². The van der Waals surface area contributed by atoms with Gasteiger partial charge in [-0.15, -0.1) is 11.6 Å². The molecule has 0 atom stereocenters. The van der Waals surface area contributed by atoms with E-state index >= 15 is 0 Å². The molecule has 1 N–H and O–H groups in total. The summed E-state index contributed by atoms with van der Waals surface area (Å²) in [7, 11) is -3.30. The highest BCUT2D eigenvalue weighted by atomic mass is 35.5. The number of nitrogens with one attached hydrogen (secondary N) is 1. The number of aromatic nitrogens is 1. The molecule has 0 radical (unpaired) electrons. The fourth-order valence-corrected chi connectivity index (χ4v) is 2.97. The second kappa shape index (κ2) is 5.80. The molecule has 0 saturated carbocycles. The first-order chi connectivity index (χ1) is 7.85. The molecule has 0 saturated heterocycles. The Hall–Kier alpha value is -0.650. The third-order valence-electron chi connectivity index (χ3n) is 2.17. The van der Waals surface area contributed by atoms with E-state index in [1.807, 2.05) is 12.1 Å². The molecule has 0 aromatic carbocycles. The molecule has 6 heteroatoms. The molecule has 0 amide bonds. The van der Waals surface area contributed by atoms with Crippen molar-refractivity contribution >= 4 is 21.6 Å². The minimum atomic E-state index is -3.30. The number of aryl methyl sites for hydroxylation is 1. The Kier molecular flexibility index (Phi) is 4.91. The summed E-state index contributed by atoms with van der Waals surface area (Å²) in [5.74, 6) is 0.290. The maximum atomic E-state index is 11.8. The highest BCUT2D eigenvalue weighted by molar-refractivity contribution is 7.89. The molecule has 1 aromatic rings. The van der Waals surface area contributed by atoms with Gasteiger partial charge in [-0.1, -0.05) is 0 Å². The quantitative estimate of drug-likeness (QED) is 0.802. The molecule has 0 aliphatic rings. The van der Waals surface area contributed by atoms with Crippen LogP contribution in [0.4, 0.5) is 0 Å². The van der Waals surface area contributed by atoms with E-state index in [-0.39, 0.29) is 11.6 Å². The third-order valence-corrected chi connectivity index (χ3v) is 4.45. The predicted octanol–water partition coefficient (Wildman–Crippen LogP) is 1.56. The van der Waals surface area contributed by atoms with Crippen LogP contribution in [0.1, 0.15) is 19.4 Å². The Morgan fingerprint density at radius 1 is 1.35 bits per heavy atom. The van der Waals surface area contributed by atoms with E-state index in [1.54, 1.807) is 26.2 Å². The summed E-state index contributed by atoms with van der Waals surface area (Å²) in [6.45, 7) is 3.51. The summed E-state index contributed by atoms with van der Waals surface area (Å²) in [6.07, 6.45) is 3.77. The van der Waals surface area contributed by atoms with Gasteiger partial charge in [0.1, 0.15) is 0 Å². The van der Waals surface area contributed by atoms with Gasteiger partial charge in [-0.05, 0) is 38.0 Å². The van der Waals surface area contributed by atoms with Crippen LogP contribution in [0.3, 0.4) is 0 Å². The standard InChI is InChI=1S/C11H17ClN2O2S/c1-11(2,9-12)14-17(15,16)8-5-10-3-6-13-7-4-10/h3-4,6-7,14H,5,8-9H2,1-2H3. The van der Waals surface area contributed by atoms with Gasteiger partial charge in [0.05, 0.1) is 5.75 Å². The van der Waals surface area contributed by atoms with Gasteiger partial charge >= 0.3 is 0 Å². The van der Waals surface area contributed by atoms with Crippen molar-refractivity contribution in [3.63, 3.8) is 0 Å². The second-order valence-corrected chi connectivity index (χ2v) is 6.65. The van der Waals surface area contributed by atoms with Crippen molar-refractivity contribution in [2.24, 2.45) is 0 Å². The van der Waals surface area contributed by atoms with E-state index in [9.17, 15) is 8.42 Å². The third kappa shape index (κ3) is 5.48. The van der Waals surface area contributed by atoms with Gasteiger partial charge in [-0.2, -0.15) is 0 Å². The van der Waals surface area contributed by atoms with Crippen molar-refractivity contribution in [2.45, 2.75) is 25.8 Å². The largest absolute Gasteiger partial charge is 0.265 e. The van der Waals surface area contributed by atoms with E-state index in [0.29, 0.717) is 6.42 Å². The predicted molar refractivity (Wildman–Crippen MR) is 69.7 cm³/mol. The van der Waals surface area contributed by atoms with Crippen LogP contribution in [-0.4, -0.2) is 30.6 Å². The van der Waals surface area contributed by atoms with Gasteiger partial charge < -0.3 is 0 Å². The van der Waals surface area contributed by atoms with E-state index < -0.39 is 15.6 Å². The fourth-order valence-electron chi connectivity index (χ4n) is 1.30. The lowest BCUT2D eigenvalue weighted by molar-refractivity contribution is 0.495. The first-order valence-corrected chi connectivity index (χ1v) is 7.50. The highest BCUT2D eigenvalue weighted by Gasteiger charge is 2.23. The van der Waals surface area contributed by atoms with Crippen LogP contribution in [0.15, 0.2) is 24.5 Å². The van der Waals surface area contributed by atoms with Crippen molar-refractivity contribution in [3.05, 3.63) is 30.1 Å². The molecule has 0 bridgehead atoms. The molecular weight excluding hydrogens is 260 g/mol. The van der Waals surface area contributed by atoms with Crippen LogP contribution in [-0.2, 0) is 16.4 Å². The van der Waals surface area contributed by atoms with Crippen molar-refractivity contribution < 1.29 is 8.42 Å². The smallest absolute Gasteiger partial charge is 0.212 e. The molecular formula is C11H17ClN2O2S. The average Bonchev–Trinajstić information content (AvgIpc) is 2.27. The zero-order valence-corrected chi connectivity index (χ0v) is 11.6. The van der Waals surface area contributed by atoms with Gasteiger partial charge in [0.2, 0.25) is 10.0 Å². The summed E-state index contributed by atoms with van der Waals surface area (Å²) >= 11 is 5.68. The summed E-state index contributed by atoms with van der Waals surface area (Å²) in [4.78, 5) is 3.88. The lowest BCUT2D eigenvalue weighted by Gasteiger charge is -2.22. The number of hydrogen-bond donors (Lipinski definition) is 1. The number of sulfonamides is 1. The van der Waals surface area contributed by atoms with Gasteiger partial charge in [-0.25, -0.2) is 13.1 Å². The van der Waals surface area contributed by atoms with E-state index in [1.165, 1.54) is 0 Å². The van der Waals surface area contributed by atoms with Crippen molar-refractivity contribution in [1.82, 2.24) is 9.71 Å². The zero-order chi connectivity index (χ0) is 12.9. The van der Waals surface area contributed by atoms with Crippen molar-refractivity contribution in [1.29, 1.82) is 0 Å². The molecule has 0 fully saturated rings. The van der Waals surface area contributed by atoms with Gasteiger partial charge in [0.25, 0.3) is 0 Å². The molecule has 0 aliphatic heterocycles. The van der Waals surface area contributed by atoms with Crippen LogP contribution in [0.2, 0.25) is 0 Å². The van der Waals surface area contributed by atoms with Crippen LogP contribution in [0, 0.1) is 0 Å². The van der Waals surface area contributed by atoms with E-state index in [0.717, 1.165) is 5.56 Å². The summed E-state index contributed by atoms with van der Waals surface area (Å²) in [5, 5.41) is 0. The highest BCUT2D eigenvalue weighted by Crippen LogP contribution is 2.08.